The van der Waals surface area contributed by atoms with Crippen molar-refractivity contribution < 1.29 is 14.8 Å². The normalized spacial score (nSPS) is 9.92. The maximum Gasteiger partial charge on any atom is 0.357 e. The average Bonchev–Trinajstić information content (AvgIpc) is 2.46. The van der Waals surface area contributed by atoms with Crippen LogP contribution in [-0.4, -0.2) is 26.2 Å². The monoisotopic (exact) mass is 185 g/mol. The highest BCUT2D eigenvalue weighted by Crippen LogP contribution is 2.18. The van der Waals surface area contributed by atoms with Gasteiger partial charge in [0, 0.05) is 0 Å². The largest absolute Gasteiger partial charge is 0.477 e. The van der Waals surface area contributed by atoms with E-state index in [0.29, 0.717) is 6.42 Å². The van der Waals surface area contributed by atoms with Crippen LogP contribution in [0.5, 0.6) is 0 Å². The van der Waals surface area contributed by atoms with E-state index < -0.39 is 16.7 Å². The van der Waals surface area contributed by atoms with Gasteiger partial charge < -0.3 is 15.2 Å². The first-order chi connectivity index (χ1) is 6.07. The van der Waals surface area contributed by atoms with Gasteiger partial charge in [0.25, 0.3) is 0 Å². The number of aromatic nitrogens is 2. The second-order valence-electron chi connectivity index (χ2n) is 2.31. The summed E-state index contributed by atoms with van der Waals surface area (Å²) >= 11 is 0. The summed E-state index contributed by atoms with van der Waals surface area (Å²) < 4.78 is 0. The Morgan fingerprint density at radius 1 is 1.77 bits per heavy atom. The van der Waals surface area contributed by atoms with Gasteiger partial charge >= 0.3 is 11.8 Å². The SMILES string of the molecule is CCc1n[nH]c([N+](=O)[O-])c1C(=O)O. The number of aryl methyl sites for hydroxylation is 1. The number of hydrogen-bond acceptors (Lipinski definition) is 4. The summed E-state index contributed by atoms with van der Waals surface area (Å²) in [6.07, 6.45) is 0.339. The zero-order valence-corrected chi connectivity index (χ0v) is 6.77. The zero-order valence-electron chi connectivity index (χ0n) is 6.77. The van der Waals surface area contributed by atoms with Crippen LogP contribution in [-0.2, 0) is 6.42 Å². The molecule has 1 rings (SSSR count). The molecule has 0 amide bonds. The number of nitrogens with one attached hydrogen (secondary N) is 1. The van der Waals surface area contributed by atoms with Gasteiger partial charge in [0.05, 0.1) is 0 Å². The molecule has 0 aliphatic heterocycles. The molecule has 0 fully saturated rings. The lowest BCUT2D eigenvalue weighted by molar-refractivity contribution is -0.389. The molecule has 0 aliphatic rings. The van der Waals surface area contributed by atoms with E-state index in [-0.39, 0.29) is 11.3 Å². The van der Waals surface area contributed by atoms with Crippen LogP contribution in [0.2, 0.25) is 0 Å². The minimum atomic E-state index is -1.34. The molecular formula is C6H7N3O4. The van der Waals surface area contributed by atoms with Gasteiger partial charge in [-0.15, -0.1) is 5.10 Å². The summed E-state index contributed by atoms with van der Waals surface area (Å²) in [7, 11) is 0. The van der Waals surface area contributed by atoms with Gasteiger partial charge in [-0.2, -0.15) is 0 Å². The van der Waals surface area contributed by atoms with Crippen LogP contribution < -0.4 is 0 Å². The summed E-state index contributed by atoms with van der Waals surface area (Å²) in [5.74, 6) is -1.90. The number of carboxylic acid groups (broad SMARTS) is 1. The number of carbonyl (C=O) groups is 1. The van der Waals surface area contributed by atoms with Crippen LogP contribution >= 0.6 is 0 Å². The molecule has 7 nitrogen and oxygen atoms in total. The molecule has 70 valence electrons. The molecule has 0 radical (unpaired) electrons. The Labute approximate surface area is 72.5 Å². The summed E-state index contributed by atoms with van der Waals surface area (Å²) in [5.41, 5.74) is -0.160. The van der Waals surface area contributed by atoms with E-state index >= 15 is 0 Å². The van der Waals surface area contributed by atoms with Crippen LogP contribution in [0.15, 0.2) is 0 Å². The van der Waals surface area contributed by atoms with E-state index in [1.165, 1.54) is 0 Å². The van der Waals surface area contributed by atoms with Crippen molar-refractivity contribution in [2.75, 3.05) is 0 Å². The third-order valence-electron chi connectivity index (χ3n) is 1.55. The van der Waals surface area contributed by atoms with Crippen LogP contribution in [0, 0.1) is 10.1 Å². The molecule has 1 aromatic heterocycles. The van der Waals surface area contributed by atoms with Crippen molar-refractivity contribution in [1.29, 1.82) is 0 Å². The standard InChI is InChI=1S/C6H7N3O4/c1-2-3-4(6(10)11)5(8-7-3)9(12)13/h2H2,1H3,(H,7,8)(H,10,11). The Hall–Kier alpha value is -1.92. The number of aromatic carboxylic acids is 1. The summed E-state index contributed by atoms with van der Waals surface area (Å²) in [5, 5.41) is 24.6. The molecule has 0 aromatic carbocycles. The van der Waals surface area contributed by atoms with Crippen LogP contribution in [0.3, 0.4) is 0 Å². The highest BCUT2D eigenvalue weighted by atomic mass is 16.6. The summed E-state index contributed by atoms with van der Waals surface area (Å²) in [6, 6.07) is 0. The zero-order chi connectivity index (χ0) is 10.0. The molecule has 0 unspecified atom stereocenters. The first-order valence-corrected chi connectivity index (χ1v) is 3.52. The van der Waals surface area contributed by atoms with Gasteiger partial charge in [-0.25, -0.2) is 4.79 Å². The van der Waals surface area contributed by atoms with Gasteiger partial charge in [-0.05, 0) is 11.3 Å². The fourth-order valence-corrected chi connectivity index (χ4v) is 0.982. The number of carboxylic acids is 1. The number of nitrogens with zero attached hydrogens (tertiary/aromatic N) is 2. The Morgan fingerprint density at radius 3 is 2.77 bits per heavy atom. The first kappa shape index (κ1) is 9.17. The van der Waals surface area contributed by atoms with Crippen molar-refractivity contribution in [3.63, 3.8) is 0 Å². The van der Waals surface area contributed by atoms with Crippen LogP contribution in [0.1, 0.15) is 23.0 Å². The van der Waals surface area contributed by atoms with E-state index in [2.05, 4.69) is 10.2 Å². The fourth-order valence-electron chi connectivity index (χ4n) is 0.982. The van der Waals surface area contributed by atoms with Crippen LogP contribution in [0.25, 0.3) is 0 Å². The molecule has 0 bridgehead atoms. The maximum atomic E-state index is 10.6. The highest BCUT2D eigenvalue weighted by molar-refractivity contribution is 5.92. The minimum Gasteiger partial charge on any atom is -0.477 e. The maximum absolute atomic E-state index is 10.6. The third-order valence-corrected chi connectivity index (χ3v) is 1.55. The molecule has 7 heteroatoms. The van der Waals surface area contributed by atoms with Crippen molar-refractivity contribution in [2.24, 2.45) is 0 Å². The molecule has 0 atom stereocenters. The Morgan fingerprint density at radius 2 is 2.38 bits per heavy atom. The van der Waals surface area contributed by atoms with E-state index in [4.69, 9.17) is 5.11 Å². The van der Waals surface area contributed by atoms with Crippen LogP contribution in [0.4, 0.5) is 5.82 Å². The predicted molar refractivity (Wildman–Crippen MR) is 41.6 cm³/mol. The van der Waals surface area contributed by atoms with Crippen molar-refractivity contribution in [1.82, 2.24) is 10.2 Å². The average molecular weight is 185 g/mol. The lowest BCUT2D eigenvalue weighted by Gasteiger charge is -1.92. The molecular weight excluding hydrogens is 178 g/mol. The molecule has 0 saturated carbocycles. The second kappa shape index (κ2) is 3.21. The highest BCUT2D eigenvalue weighted by Gasteiger charge is 2.26. The number of H-pyrrole nitrogens is 1. The summed E-state index contributed by atoms with van der Waals surface area (Å²) in [4.78, 5) is 20.1. The fraction of sp³-hybridized carbons (Fsp3) is 0.333. The summed E-state index contributed by atoms with van der Waals surface area (Å²) in [6.45, 7) is 1.67. The van der Waals surface area contributed by atoms with E-state index in [0.717, 1.165) is 0 Å². The van der Waals surface area contributed by atoms with E-state index in [9.17, 15) is 14.9 Å². The van der Waals surface area contributed by atoms with Gasteiger partial charge in [0.15, 0.2) is 5.56 Å². The number of aromatic amines is 1. The quantitative estimate of drug-likeness (QED) is 0.528. The van der Waals surface area contributed by atoms with E-state index in [1.807, 2.05) is 0 Å². The van der Waals surface area contributed by atoms with Gasteiger partial charge in [-0.3, -0.25) is 0 Å². The second-order valence-corrected chi connectivity index (χ2v) is 2.31. The van der Waals surface area contributed by atoms with Gasteiger partial charge in [-0.1, -0.05) is 12.0 Å². The van der Waals surface area contributed by atoms with Crippen molar-refractivity contribution in [3.05, 3.63) is 21.4 Å². The molecule has 1 heterocycles. The smallest absolute Gasteiger partial charge is 0.357 e. The Bertz CT molecular complexity index is 357. The molecule has 2 N–H and O–H groups in total. The lowest BCUT2D eigenvalue weighted by Crippen LogP contribution is -2.03. The third kappa shape index (κ3) is 1.48. The molecule has 0 aliphatic carbocycles. The van der Waals surface area contributed by atoms with E-state index in [1.54, 1.807) is 6.92 Å². The molecule has 1 aromatic rings. The van der Waals surface area contributed by atoms with Crippen molar-refractivity contribution in [3.8, 4) is 0 Å². The molecule has 0 saturated heterocycles. The first-order valence-electron chi connectivity index (χ1n) is 3.52. The van der Waals surface area contributed by atoms with Crippen molar-refractivity contribution >= 4 is 11.8 Å². The van der Waals surface area contributed by atoms with Gasteiger partial charge in [0.2, 0.25) is 0 Å². The lowest BCUT2D eigenvalue weighted by atomic mass is 10.2. The number of hydrogen-bond donors (Lipinski definition) is 2. The topological polar surface area (TPSA) is 109 Å². The molecule has 0 spiro atoms. The number of nitro groups is 1. The number of rotatable bonds is 3. The Kier molecular flexibility index (Phi) is 2.27. The van der Waals surface area contributed by atoms with Gasteiger partial charge in [0.1, 0.15) is 5.69 Å². The predicted octanol–water partition coefficient (Wildman–Crippen LogP) is 0.578. The minimum absolute atomic E-state index is 0.194. The molecule has 13 heavy (non-hydrogen) atoms. The Balaban J connectivity index is 3.30. The van der Waals surface area contributed by atoms with Crippen molar-refractivity contribution in [2.45, 2.75) is 13.3 Å².